The third-order valence-electron chi connectivity index (χ3n) is 3.49. The van der Waals surface area contributed by atoms with Gasteiger partial charge in [0.1, 0.15) is 5.75 Å². The molecule has 2 aromatic rings. The minimum absolute atomic E-state index is 0.590. The lowest BCUT2D eigenvalue weighted by atomic mass is 9.87. The minimum atomic E-state index is -0.902. The number of aliphatic hydroxyl groups is 1. The van der Waals surface area contributed by atoms with Crippen molar-refractivity contribution in [2.45, 2.75) is 25.9 Å². The van der Waals surface area contributed by atoms with E-state index in [1.165, 1.54) is 5.56 Å². The highest BCUT2D eigenvalue weighted by atomic mass is 16.5. The van der Waals surface area contributed by atoms with Crippen LogP contribution in [0.15, 0.2) is 48.5 Å². The fraction of sp³-hybridized carbons (Fsp3) is 0.294. The van der Waals surface area contributed by atoms with E-state index in [4.69, 9.17) is 4.74 Å². The zero-order chi connectivity index (χ0) is 13.9. The fourth-order valence-corrected chi connectivity index (χ4v) is 2.24. The van der Waals surface area contributed by atoms with Crippen molar-refractivity contribution < 1.29 is 9.84 Å². The summed E-state index contributed by atoms with van der Waals surface area (Å²) in [6.07, 6.45) is 0.590. The van der Waals surface area contributed by atoms with Crippen LogP contribution in [0.1, 0.15) is 23.6 Å². The predicted molar refractivity (Wildman–Crippen MR) is 77.4 cm³/mol. The molecule has 0 aliphatic heterocycles. The van der Waals surface area contributed by atoms with E-state index < -0.39 is 5.60 Å². The van der Waals surface area contributed by atoms with E-state index in [2.05, 4.69) is 19.1 Å². The molecule has 0 amide bonds. The van der Waals surface area contributed by atoms with E-state index in [1.54, 1.807) is 7.11 Å². The third-order valence-corrected chi connectivity index (χ3v) is 3.49. The number of ether oxygens (including phenoxy) is 1. The molecular weight excluding hydrogens is 236 g/mol. The van der Waals surface area contributed by atoms with Gasteiger partial charge in [0.2, 0.25) is 0 Å². The summed E-state index contributed by atoms with van der Waals surface area (Å²) in [4.78, 5) is 0. The summed E-state index contributed by atoms with van der Waals surface area (Å²) in [6, 6.07) is 15.7. The topological polar surface area (TPSA) is 29.5 Å². The Morgan fingerprint density at radius 2 is 1.84 bits per heavy atom. The van der Waals surface area contributed by atoms with Crippen LogP contribution in [0.2, 0.25) is 0 Å². The van der Waals surface area contributed by atoms with Gasteiger partial charge in [0.15, 0.2) is 0 Å². The SMILES string of the molecule is COc1cccc(C(C)(O)Cc2ccccc2C)c1. The third kappa shape index (κ3) is 3.15. The second-order valence-corrected chi connectivity index (χ2v) is 5.11. The van der Waals surface area contributed by atoms with Crippen LogP contribution >= 0.6 is 0 Å². The van der Waals surface area contributed by atoms with Crippen molar-refractivity contribution in [1.29, 1.82) is 0 Å². The Morgan fingerprint density at radius 3 is 2.53 bits per heavy atom. The molecule has 0 aliphatic carbocycles. The van der Waals surface area contributed by atoms with Gasteiger partial charge >= 0.3 is 0 Å². The molecule has 0 aromatic heterocycles. The Balaban J connectivity index is 2.29. The zero-order valence-corrected chi connectivity index (χ0v) is 11.7. The first-order valence-electron chi connectivity index (χ1n) is 6.44. The Bertz CT molecular complexity index is 559. The molecule has 1 unspecified atom stereocenters. The van der Waals surface area contributed by atoms with Gasteiger partial charge in [-0.15, -0.1) is 0 Å². The normalized spacial score (nSPS) is 13.9. The lowest BCUT2D eigenvalue weighted by Gasteiger charge is -2.25. The molecule has 0 bridgehead atoms. The van der Waals surface area contributed by atoms with Crippen molar-refractivity contribution in [3.05, 3.63) is 65.2 Å². The second kappa shape index (κ2) is 5.45. The quantitative estimate of drug-likeness (QED) is 0.907. The van der Waals surface area contributed by atoms with Gasteiger partial charge in [-0.25, -0.2) is 0 Å². The highest BCUT2D eigenvalue weighted by Crippen LogP contribution is 2.28. The molecule has 2 nitrogen and oxygen atoms in total. The summed E-state index contributed by atoms with van der Waals surface area (Å²) in [5, 5.41) is 10.7. The number of rotatable bonds is 4. The van der Waals surface area contributed by atoms with Gasteiger partial charge in [-0.2, -0.15) is 0 Å². The van der Waals surface area contributed by atoms with E-state index in [-0.39, 0.29) is 0 Å². The van der Waals surface area contributed by atoms with Gasteiger partial charge in [0, 0.05) is 6.42 Å². The Kier molecular flexibility index (Phi) is 3.91. The number of hydrogen-bond acceptors (Lipinski definition) is 2. The summed E-state index contributed by atoms with van der Waals surface area (Å²) < 4.78 is 5.21. The van der Waals surface area contributed by atoms with E-state index in [9.17, 15) is 5.11 Å². The van der Waals surface area contributed by atoms with Gasteiger partial charge in [-0.05, 0) is 42.7 Å². The molecule has 0 radical (unpaired) electrons. The van der Waals surface area contributed by atoms with Crippen molar-refractivity contribution in [1.82, 2.24) is 0 Å². The Hall–Kier alpha value is -1.80. The Labute approximate surface area is 114 Å². The lowest BCUT2D eigenvalue weighted by molar-refractivity contribution is 0.0572. The molecular formula is C17H20O2. The predicted octanol–water partition coefficient (Wildman–Crippen LogP) is 3.45. The van der Waals surface area contributed by atoms with Gasteiger partial charge in [-0.3, -0.25) is 0 Å². The standard InChI is InChI=1S/C17H20O2/c1-13-7-4-5-8-14(13)12-17(2,18)15-9-6-10-16(11-15)19-3/h4-11,18H,12H2,1-3H3. The van der Waals surface area contributed by atoms with Gasteiger partial charge < -0.3 is 9.84 Å². The number of hydrogen-bond donors (Lipinski definition) is 1. The first-order chi connectivity index (χ1) is 9.03. The van der Waals surface area contributed by atoms with E-state index in [1.807, 2.05) is 43.3 Å². The molecule has 1 atom stereocenters. The first-order valence-corrected chi connectivity index (χ1v) is 6.44. The lowest BCUT2D eigenvalue weighted by Crippen LogP contribution is -2.24. The Morgan fingerprint density at radius 1 is 1.11 bits per heavy atom. The summed E-state index contributed by atoms with van der Waals surface area (Å²) in [7, 11) is 1.63. The summed E-state index contributed by atoms with van der Waals surface area (Å²) >= 11 is 0. The summed E-state index contributed by atoms with van der Waals surface area (Å²) in [5.74, 6) is 0.766. The van der Waals surface area contributed by atoms with Crippen LogP contribution < -0.4 is 4.74 Å². The number of aryl methyl sites for hydroxylation is 1. The van der Waals surface area contributed by atoms with Crippen LogP contribution in [0.3, 0.4) is 0 Å². The van der Waals surface area contributed by atoms with Gasteiger partial charge in [0.25, 0.3) is 0 Å². The maximum Gasteiger partial charge on any atom is 0.119 e. The largest absolute Gasteiger partial charge is 0.497 e. The first kappa shape index (κ1) is 13.6. The number of benzene rings is 2. The second-order valence-electron chi connectivity index (χ2n) is 5.11. The number of methoxy groups -OCH3 is 1. The van der Waals surface area contributed by atoms with Crippen LogP contribution in [0.5, 0.6) is 5.75 Å². The van der Waals surface area contributed by atoms with Gasteiger partial charge in [0.05, 0.1) is 12.7 Å². The van der Waals surface area contributed by atoms with Crippen LogP contribution in [0.25, 0.3) is 0 Å². The molecule has 0 fully saturated rings. The highest BCUT2D eigenvalue weighted by molar-refractivity contribution is 5.35. The summed E-state index contributed by atoms with van der Waals surface area (Å²) in [5.41, 5.74) is 2.33. The average molecular weight is 256 g/mol. The molecule has 0 saturated heterocycles. The molecule has 2 aromatic carbocycles. The molecule has 100 valence electrons. The molecule has 0 saturated carbocycles. The van der Waals surface area contributed by atoms with Crippen molar-refractivity contribution in [2.24, 2.45) is 0 Å². The van der Waals surface area contributed by atoms with Crippen molar-refractivity contribution >= 4 is 0 Å². The average Bonchev–Trinajstić information content (AvgIpc) is 2.41. The monoisotopic (exact) mass is 256 g/mol. The maximum atomic E-state index is 10.7. The van der Waals surface area contributed by atoms with Crippen molar-refractivity contribution in [3.63, 3.8) is 0 Å². The van der Waals surface area contributed by atoms with Crippen LogP contribution in [0.4, 0.5) is 0 Å². The summed E-state index contributed by atoms with van der Waals surface area (Å²) in [6.45, 7) is 3.91. The van der Waals surface area contributed by atoms with Crippen molar-refractivity contribution in [2.75, 3.05) is 7.11 Å². The van der Waals surface area contributed by atoms with Crippen LogP contribution in [-0.2, 0) is 12.0 Å². The van der Waals surface area contributed by atoms with Gasteiger partial charge in [-0.1, -0.05) is 36.4 Å². The maximum absolute atomic E-state index is 10.7. The van der Waals surface area contributed by atoms with Crippen LogP contribution in [-0.4, -0.2) is 12.2 Å². The molecule has 1 N–H and O–H groups in total. The molecule has 19 heavy (non-hydrogen) atoms. The van der Waals surface area contributed by atoms with Crippen LogP contribution in [0, 0.1) is 6.92 Å². The molecule has 0 spiro atoms. The van der Waals surface area contributed by atoms with E-state index in [0.29, 0.717) is 6.42 Å². The van der Waals surface area contributed by atoms with E-state index in [0.717, 1.165) is 16.9 Å². The highest BCUT2D eigenvalue weighted by Gasteiger charge is 2.24. The fourth-order valence-electron chi connectivity index (χ4n) is 2.24. The molecule has 2 heteroatoms. The minimum Gasteiger partial charge on any atom is -0.497 e. The molecule has 0 aliphatic rings. The zero-order valence-electron chi connectivity index (χ0n) is 11.7. The smallest absolute Gasteiger partial charge is 0.119 e. The van der Waals surface area contributed by atoms with Crippen molar-refractivity contribution in [3.8, 4) is 5.75 Å². The molecule has 0 heterocycles. The molecule has 2 rings (SSSR count). The van der Waals surface area contributed by atoms with E-state index >= 15 is 0 Å².